The molecule has 1 aliphatic rings. The van der Waals surface area contributed by atoms with Gasteiger partial charge in [0.2, 0.25) is 5.91 Å². The standard InChI is InChI=1S/C14H20N2O2/c1-16(11-12-5-3-2-4-6-12)13(17)14(15)7-9-18-10-8-14/h2-6H,7-11,15H2,1H3. The van der Waals surface area contributed by atoms with Crippen LogP contribution in [0, 0.1) is 0 Å². The summed E-state index contributed by atoms with van der Waals surface area (Å²) in [4.78, 5) is 14.1. The molecule has 1 saturated heterocycles. The minimum Gasteiger partial charge on any atom is -0.381 e. The van der Waals surface area contributed by atoms with Gasteiger partial charge < -0.3 is 15.4 Å². The maximum Gasteiger partial charge on any atom is 0.242 e. The Morgan fingerprint density at radius 2 is 1.94 bits per heavy atom. The second-order valence-electron chi connectivity index (χ2n) is 4.92. The van der Waals surface area contributed by atoms with Crippen molar-refractivity contribution in [3.8, 4) is 0 Å². The summed E-state index contributed by atoms with van der Waals surface area (Å²) >= 11 is 0. The Morgan fingerprint density at radius 3 is 2.56 bits per heavy atom. The van der Waals surface area contributed by atoms with Gasteiger partial charge in [-0.25, -0.2) is 0 Å². The number of carbonyl (C=O) groups excluding carboxylic acids is 1. The van der Waals surface area contributed by atoms with Crippen molar-refractivity contribution >= 4 is 5.91 Å². The van der Waals surface area contributed by atoms with Gasteiger partial charge in [-0.1, -0.05) is 30.3 Å². The highest BCUT2D eigenvalue weighted by atomic mass is 16.5. The maximum atomic E-state index is 12.4. The highest BCUT2D eigenvalue weighted by molar-refractivity contribution is 5.86. The molecular weight excluding hydrogens is 228 g/mol. The van der Waals surface area contributed by atoms with Crippen molar-refractivity contribution in [3.05, 3.63) is 35.9 Å². The first-order valence-electron chi connectivity index (χ1n) is 6.28. The van der Waals surface area contributed by atoms with Crippen LogP contribution in [0.3, 0.4) is 0 Å². The number of rotatable bonds is 3. The van der Waals surface area contributed by atoms with E-state index in [1.165, 1.54) is 0 Å². The molecule has 2 rings (SSSR count). The fraction of sp³-hybridized carbons (Fsp3) is 0.500. The third kappa shape index (κ3) is 2.89. The molecule has 0 unspecified atom stereocenters. The zero-order valence-electron chi connectivity index (χ0n) is 10.8. The molecule has 2 N–H and O–H groups in total. The van der Waals surface area contributed by atoms with Gasteiger partial charge in [-0.2, -0.15) is 0 Å². The molecular formula is C14H20N2O2. The number of nitrogens with zero attached hydrogens (tertiary/aromatic N) is 1. The van der Waals surface area contributed by atoms with E-state index in [4.69, 9.17) is 10.5 Å². The molecule has 0 bridgehead atoms. The Labute approximate surface area is 108 Å². The first-order valence-corrected chi connectivity index (χ1v) is 6.28. The monoisotopic (exact) mass is 248 g/mol. The van der Waals surface area contributed by atoms with Crippen LogP contribution in [0.25, 0.3) is 0 Å². The summed E-state index contributed by atoms with van der Waals surface area (Å²) in [6, 6.07) is 9.93. The van der Waals surface area contributed by atoms with Crippen LogP contribution in [0.15, 0.2) is 30.3 Å². The maximum absolute atomic E-state index is 12.4. The summed E-state index contributed by atoms with van der Waals surface area (Å²) in [5, 5.41) is 0. The van der Waals surface area contributed by atoms with Crippen molar-refractivity contribution in [2.45, 2.75) is 24.9 Å². The minimum atomic E-state index is -0.748. The van der Waals surface area contributed by atoms with Crippen LogP contribution in [0.5, 0.6) is 0 Å². The van der Waals surface area contributed by atoms with Gasteiger partial charge in [0.05, 0.1) is 5.54 Å². The summed E-state index contributed by atoms with van der Waals surface area (Å²) in [7, 11) is 1.80. The topological polar surface area (TPSA) is 55.6 Å². The van der Waals surface area contributed by atoms with Crippen molar-refractivity contribution < 1.29 is 9.53 Å². The molecule has 18 heavy (non-hydrogen) atoms. The zero-order valence-corrected chi connectivity index (χ0v) is 10.8. The predicted molar refractivity (Wildman–Crippen MR) is 69.9 cm³/mol. The van der Waals surface area contributed by atoms with Gasteiger partial charge in [0.15, 0.2) is 0 Å². The van der Waals surface area contributed by atoms with Crippen molar-refractivity contribution in [2.24, 2.45) is 5.73 Å². The number of hydrogen-bond acceptors (Lipinski definition) is 3. The highest BCUT2D eigenvalue weighted by Crippen LogP contribution is 2.20. The van der Waals surface area contributed by atoms with Gasteiger partial charge in [0.25, 0.3) is 0 Å². The summed E-state index contributed by atoms with van der Waals surface area (Å²) in [5.74, 6) is 0.00894. The van der Waals surface area contributed by atoms with E-state index in [0.717, 1.165) is 5.56 Å². The first-order chi connectivity index (χ1) is 8.62. The number of ether oxygens (including phenoxy) is 1. The van der Waals surface area contributed by atoms with E-state index < -0.39 is 5.54 Å². The number of benzene rings is 1. The summed E-state index contributed by atoms with van der Waals surface area (Å²) < 4.78 is 5.26. The molecule has 4 nitrogen and oxygen atoms in total. The van der Waals surface area contributed by atoms with E-state index in [0.29, 0.717) is 32.6 Å². The Hall–Kier alpha value is -1.39. The molecule has 0 aliphatic carbocycles. The predicted octanol–water partition coefficient (Wildman–Crippen LogP) is 1.15. The van der Waals surface area contributed by atoms with E-state index in [1.807, 2.05) is 30.3 Å². The Bertz CT molecular complexity index is 400. The average molecular weight is 248 g/mol. The first kappa shape index (κ1) is 13.1. The van der Waals surface area contributed by atoms with Gasteiger partial charge in [0, 0.05) is 26.8 Å². The quantitative estimate of drug-likeness (QED) is 0.873. The van der Waals surface area contributed by atoms with Crippen LogP contribution >= 0.6 is 0 Å². The van der Waals surface area contributed by atoms with Crippen LogP contribution in [0.4, 0.5) is 0 Å². The molecule has 0 saturated carbocycles. The lowest BCUT2D eigenvalue weighted by atomic mass is 9.89. The van der Waals surface area contributed by atoms with Crippen LogP contribution < -0.4 is 5.73 Å². The summed E-state index contributed by atoms with van der Waals surface area (Å²) in [5.41, 5.74) is 6.55. The third-order valence-corrected chi connectivity index (χ3v) is 3.42. The lowest BCUT2D eigenvalue weighted by Crippen LogP contribution is -2.57. The number of hydrogen-bond donors (Lipinski definition) is 1. The lowest BCUT2D eigenvalue weighted by Gasteiger charge is -2.35. The fourth-order valence-corrected chi connectivity index (χ4v) is 2.26. The summed E-state index contributed by atoms with van der Waals surface area (Å²) in [6.45, 7) is 1.74. The molecule has 1 aromatic carbocycles. The van der Waals surface area contributed by atoms with Crippen molar-refractivity contribution in [1.82, 2.24) is 4.90 Å². The Morgan fingerprint density at radius 1 is 1.33 bits per heavy atom. The molecule has 0 spiro atoms. The van der Waals surface area contributed by atoms with Gasteiger partial charge >= 0.3 is 0 Å². The fourth-order valence-electron chi connectivity index (χ4n) is 2.26. The van der Waals surface area contributed by atoms with Crippen LogP contribution in [0.2, 0.25) is 0 Å². The number of carbonyl (C=O) groups is 1. The molecule has 1 aliphatic heterocycles. The molecule has 4 heteroatoms. The Kier molecular flexibility index (Phi) is 3.99. The summed E-state index contributed by atoms with van der Waals surface area (Å²) in [6.07, 6.45) is 1.20. The molecule has 1 aromatic rings. The van der Waals surface area contributed by atoms with E-state index in [-0.39, 0.29) is 5.91 Å². The molecule has 1 fully saturated rings. The van der Waals surface area contributed by atoms with Crippen LogP contribution in [0.1, 0.15) is 18.4 Å². The largest absolute Gasteiger partial charge is 0.381 e. The van der Waals surface area contributed by atoms with Crippen molar-refractivity contribution in [1.29, 1.82) is 0 Å². The van der Waals surface area contributed by atoms with E-state index in [2.05, 4.69) is 0 Å². The number of amides is 1. The minimum absolute atomic E-state index is 0.00894. The van der Waals surface area contributed by atoms with E-state index >= 15 is 0 Å². The van der Waals surface area contributed by atoms with Gasteiger partial charge in [-0.15, -0.1) is 0 Å². The molecule has 1 heterocycles. The molecule has 1 amide bonds. The van der Waals surface area contributed by atoms with Crippen molar-refractivity contribution in [3.63, 3.8) is 0 Å². The smallest absolute Gasteiger partial charge is 0.242 e. The number of likely N-dealkylation sites (N-methyl/N-ethyl adjacent to an activating group) is 1. The average Bonchev–Trinajstić information content (AvgIpc) is 2.40. The molecule has 0 radical (unpaired) electrons. The van der Waals surface area contributed by atoms with Crippen LogP contribution in [-0.2, 0) is 16.1 Å². The molecule has 98 valence electrons. The second kappa shape index (κ2) is 5.50. The van der Waals surface area contributed by atoms with Gasteiger partial charge in [0.1, 0.15) is 0 Å². The van der Waals surface area contributed by atoms with E-state index in [1.54, 1.807) is 11.9 Å². The van der Waals surface area contributed by atoms with Crippen LogP contribution in [-0.4, -0.2) is 36.6 Å². The zero-order chi connectivity index (χ0) is 13.0. The third-order valence-electron chi connectivity index (χ3n) is 3.42. The normalized spacial score (nSPS) is 18.3. The number of nitrogens with two attached hydrogens (primary N) is 1. The van der Waals surface area contributed by atoms with E-state index in [9.17, 15) is 4.79 Å². The SMILES string of the molecule is CN(Cc1ccccc1)C(=O)C1(N)CCOCC1. The van der Waals surface area contributed by atoms with Gasteiger partial charge in [-0.3, -0.25) is 4.79 Å². The van der Waals surface area contributed by atoms with Crippen molar-refractivity contribution in [2.75, 3.05) is 20.3 Å². The molecule has 0 atom stereocenters. The highest BCUT2D eigenvalue weighted by Gasteiger charge is 2.37. The lowest BCUT2D eigenvalue weighted by molar-refractivity contribution is -0.139. The molecule has 0 aromatic heterocycles. The Balaban J connectivity index is 2.00. The van der Waals surface area contributed by atoms with Gasteiger partial charge in [-0.05, 0) is 18.4 Å². The second-order valence-corrected chi connectivity index (χ2v) is 4.92.